The van der Waals surface area contributed by atoms with Crippen molar-refractivity contribution in [1.29, 1.82) is 0 Å². The third-order valence-corrected chi connectivity index (χ3v) is 2.46. The molecule has 0 aliphatic heterocycles. The molecule has 0 atom stereocenters. The van der Waals surface area contributed by atoms with Crippen molar-refractivity contribution < 1.29 is 0 Å². The van der Waals surface area contributed by atoms with E-state index in [1.54, 1.807) is 0 Å². The highest BCUT2D eigenvalue weighted by Crippen LogP contribution is 1.88. The molecule has 3 nitrogen and oxygen atoms in total. The van der Waals surface area contributed by atoms with Gasteiger partial charge in [-0.05, 0) is 46.7 Å². The zero-order valence-electron chi connectivity index (χ0n) is 10.3. The van der Waals surface area contributed by atoms with Crippen LogP contribution in [0.5, 0.6) is 0 Å². The molecule has 0 aliphatic rings. The molecule has 0 rings (SSSR count). The van der Waals surface area contributed by atoms with E-state index in [4.69, 9.17) is 0 Å². The molecule has 0 fully saturated rings. The number of nitrogens with one attached hydrogen (secondary N) is 1. The quantitative estimate of drug-likeness (QED) is 0.559. The Bertz CT molecular complexity index is 111. The molecule has 0 aliphatic carbocycles. The van der Waals surface area contributed by atoms with Crippen LogP contribution >= 0.6 is 0 Å². The molecule has 0 radical (unpaired) electrons. The van der Waals surface area contributed by atoms with E-state index in [0.717, 1.165) is 19.6 Å². The van der Waals surface area contributed by atoms with Crippen molar-refractivity contribution >= 4 is 0 Å². The second-order valence-electron chi connectivity index (χ2n) is 3.93. The van der Waals surface area contributed by atoms with Crippen LogP contribution in [-0.4, -0.2) is 63.2 Å². The van der Waals surface area contributed by atoms with E-state index in [2.05, 4.69) is 43.1 Å². The van der Waals surface area contributed by atoms with Gasteiger partial charge in [0.25, 0.3) is 0 Å². The first-order valence-corrected chi connectivity index (χ1v) is 5.78. The SMILES string of the molecule is CCN(CC)CCCNCCN(C)C. The van der Waals surface area contributed by atoms with E-state index in [1.165, 1.54) is 26.1 Å². The van der Waals surface area contributed by atoms with Gasteiger partial charge in [-0.2, -0.15) is 0 Å². The molecule has 0 aromatic carbocycles. The molecular weight excluding hydrogens is 174 g/mol. The Balaban J connectivity index is 3.12. The van der Waals surface area contributed by atoms with Crippen molar-refractivity contribution in [1.82, 2.24) is 15.1 Å². The first-order chi connectivity index (χ1) is 6.70. The van der Waals surface area contributed by atoms with Gasteiger partial charge in [0.1, 0.15) is 0 Å². The van der Waals surface area contributed by atoms with Crippen LogP contribution < -0.4 is 5.32 Å². The lowest BCUT2D eigenvalue weighted by atomic mass is 10.3. The normalized spacial score (nSPS) is 11.6. The van der Waals surface area contributed by atoms with Crippen LogP contribution in [0.25, 0.3) is 0 Å². The van der Waals surface area contributed by atoms with Crippen LogP contribution in [0.15, 0.2) is 0 Å². The Morgan fingerprint density at radius 1 is 0.929 bits per heavy atom. The Morgan fingerprint density at radius 2 is 1.57 bits per heavy atom. The summed E-state index contributed by atoms with van der Waals surface area (Å²) < 4.78 is 0. The first kappa shape index (κ1) is 13.9. The summed E-state index contributed by atoms with van der Waals surface area (Å²) in [4.78, 5) is 4.67. The Hall–Kier alpha value is -0.120. The van der Waals surface area contributed by atoms with Gasteiger partial charge in [0.15, 0.2) is 0 Å². The van der Waals surface area contributed by atoms with Gasteiger partial charge >= 0.3 is 0 Å². The number of hydrogen-bond donors (Lipinski definition) is 1. The van der Waals surface area contributed by atoms with Gasteiger partial charge in [0, 0.05) is 13.1 Å². The lowest BCUT2D eigenvalue weighted by Crippen LogP contribution is -2.30. The Labute approximate surface area is 89.5 Å². The lowest BCUT2D eigenvalue weighted by Gasteiger charge is -2.18. The van der Waals surface area contributed by atoms with E-state index in [-0.39, 0.29) is 0 Å². The van der Waals surface area contributed by atoms with Gasteiger partial charge in [-0.15, -0.1) is 0 Å². The fourth-order valence-corrected chi connectivity index (χ4v) is 1.40. The fraction of sp³-hybridized carbons (Fsp3) is 1.00. The van der Waals surface area contributed by atoms with Gasteiger partial charge in [-0.1, -0.05) is 13.8 Å². The zero-order valence-corrected chi connectivity index (χ0v) is 10.3. The largest absolute Gasteiger partial charge is 0.315 e. The first-order valence-electron chi connectivity index (χ1n) is 5.78. The minimum atomic E-state index is 1.10. The third kappa shape index (κ3) is 8.48. The summed E-state index contributed by atoms with van der Waals surface area (Å²) in [6.45, 7) is 11.4. The molecule has 3 heteroatoms. The third-order valence-electron chi connectivity index (χ3n) is 2.46. The summed E-state index contributed by atoms with van der Waals surface area (Å²) in [5.41, 5.74) is 0. The smallest absolute Gasteiger partial charge is 0.0101 e. The maximum Gasteiger partial charge on any atom is 0.0101 e. The molecule has 0 aromatic rings. The van der Waals surface area contributed by atoms with Crippen molar-refractivity contribution in [2.24, 2.45) is 0 Å². The van der Waals surface area contributed by atoms with Crippen LogP contribution in [0.1, 0.15) is 20.3 Å². The van der Waals surface area contributed by atoms with Crippen LogP contribution in [0.2, 0.25) is 0 Å². The molecule has 0 aromatic heterocycles. The topological polar surface area (TPSA) is 18.5 Å². The molecule has 0 heterocycles. The van der Waals surface area contributed by atoms with E-state index in [9.17, 15) is 0 Å². The minimum absolute atomic E-state index is 1.10. The summed E-state index contributed by atoms with van der Waals surface area (Å²) in [5, 5.41) is 3.45. The summed E-state index contributed by atoms with van der Waals surface area (Å²) in [6.07, 6.45) is 1.26. The molecule has 1 N–H and O–H groups in total. The predicted molar refractivity (Wildman–Crippen MR) is 63.8 cm³/mol. The Kier molecular flexibility index (Phi) is 9.35. The van der Waals surface area contributed by atoms with Crippen molar-refractivity contribution in [2.75, 3.05) is 53.4 Å². The van der Waals surface area contributed by atoms with Crippen molar-refractivity contribution in [3.8, 4) is 0 Å². The maximum absolute atomic E-state index is 3.45. The van der Waals surface area contributed by atoms with Crippen molar-refractivity contribution in [2.45, 2.75) is 20.3 Å². The lowest BCUT2D eigenvalue weighted by molar-refractivity contribution is 0.296. The van der Waals surface area contributed by atoms with Gasteiger partial charge in [-0.3, -0.25) is 0 Å². The number of rotatable bonds is 9. The Morgan fingerprint density at radius 3 is 2.07 bits per heavy atom. The average Bonchev–Trinajstić information content (AvgIpc) is 2.16. The fourth-order valence-electron chi connectivity index (χ4n) is 1.40. The molecule has 0 saturated carbocycles. The second kappa shape index (κ2) is 9.44. The molecular formula is C11H27N3. The molecule has 0 amide bonds. The van der Waals surface area contributed by atoms with Crippen molar-refractivity contribution in [3.63, 3.8) is 0 Å². The standard InChI is InChI=1S/C11H27N3/c1-5-14(6-2)10-7-8-12-9-11-13(3)4/h12H,5-11H2,1-4H3. The number of hydrogen-bond acceptors (Lipinski definition) is 3. The van der Waals surface area contributed by atoms with Gasteiger partial charge in [-0.25, -0.2) is 0 Å². The van der Waals surface area contributed by atoms with E-state index in [1.807, 2.05) is 0 Å². The van der Waals surface area contributed by atoms with E-state index >= 15 is 0 Å². The van der Waals surface area contributed by atoms with Crippen molar-refractivity contribution in [3.05, 3.63) is 0 Å². The number of likely N-dealkylation sites (N-methyl/N-ethyl adjacent to an activating group) is 1. The molecule has 86 valence electrons. The molecule has 14 heavy (non-hydrogen) atoms. The summed E-state index contributed by atoms with van der Waals surface area (Å²) in [7, 11) is 4.22. The molecule has 0 unspecified atom stereocenters. The zero-order chi connectivity index (χ0) is 10.8. The highest BCUT2D eigenvalue weighted by molar-refractivity contribution is 4.55. The van der Waals surface area contributed by atoms with Crippen LogP contribution in [0.4, 0.5) is 0 Å². The molecule has 0 spiro atoms. The summed E-state index contributed by atoms with van der Waals surface area (Å²) in [6, 6.07) is 0. The highest BCUT2D eigenvalue weighted by Gasteiger charge is 1.97. The number of nitrogens with zero attached hydrogens (tertiary/aromatic N) is 2. The van der Waals surface area contributed by atoms with Gasteiger partial charge in [0.2, 0.25) is 0 Å². The molecule has 0 bridgehead atoms. The summed E-state index contributed by atoms with van der Waals surface area (Å²) in [5.74, 6) is 0. The van der Waals surface area contributed by atoms with E-state index in [0.29, 0.717) is 0 Å². The molecule has 0 saturated heterocycles. The summed E-state index contributed by atoms with van der Waals surface area (Å²) >= 11 is 0. The minimum Gasteiger partial charge on any atom is -0.315 e. The van der Waals surface area contributed by atoms with Crippen LogP contribution in [-0.2, 0) is 0 Å². The van der Waals surface area contributed by atoms with E-state index < -0.39 is 0 Å². The highest BCUT2D eigenvalue weighted by atomic mass is 15.1. The maximum atomic E-state index is 3.45. The van der Waals surface area contributed by atoms with Gasteiger partial charge in [0.05, 0.1) is 0 Å². The second-order valence-corrected chi connectivity index (χ2v) is 3.93. The average molecular weight is 201 g/mol. The predicted octanol–water partition coefficient (Wildman–Crippen LogP) is 0.870. The van der Waals surface area contributed by atoms with Crippen LogP contribution in [0.3, 0.4) is 0 Å². The monoisotopic (exact) mass is 201 g/mol. The van der Waals surface area contributed by atoms with Gasteiger partial charge < -0.3 is 15.1 Å². The van der Waals surface area contributed by atoms with Crippen LogP contribution in [0, 0.1) is 0 Å².